The van der Waals surface area contributed by atoms with Gasteiger partial charge in [-0.1, -0.05) is 20.3 Å². The molecule has 0 aliphatic heterocycles. The SMILES string of the molecule is CC[C@H](C)[C@H](NC(=O)CNC(=O)CNC(=O)[C@@H](N)CS)C(=O)N[C@@H](CCCN=C(N)N)C(=O)NCC(=O)N[C@@H](CCC(=O)O)C(=O)N[C@@H](CCCN=C(N)N)C(=O)N[C@@H](C)C(=O)O. The van der Waals surface area contributed by atoms with Crippen LogP contribution in [0.3, 0.4) is 0 Å². The van der Waals surface area contributed by atoms with Crippen LogP contribution < -0.4 is 71.2 Å². The normalized spacial score (nSPS) is 13.9. The summed E-state index contributed by atoms with van der Waals surface area (Å²) in [5.74, 6) is -10.3. The summed E-state index contributed by atoms with van der Waals surface area (Å²) in [4.78, 5) is 134. The van der Waals surface area contributed by atoms with Gasteiger partial charge < -0.3 is 81.4 Å². The average Bonchev–Trinajstić information content (AvgIpc) is 3.22. The summed E-state index contributed by atoms with van der Waals surface area (Å²) in [5.41, 5.74) is 27.0. The fourth-order valence-corrected chi connectivity index (χ4v) is 5.24. The lowest BCUT2D eigenvalue weighted by Gasteiger charge is -2.26. The zero-order chi connectivity index (χ0) is 48.2. The van der Waals surface area contributed by atoms with Crippen LogP contribution in [-0.2, 0) is 47.9 Å². The average molecular weight is 918 g/mol. The van der Waals surface area contributed by atoms with E-state index in [1.807, 2.05) is 0 Å². The van der Waals surface area contributed by atoms with Gasteiger partial charge in [0, 0.05) is 25.3 Å². The van der Waals surface area contributed by atoms with Crippen LogP contribution in [0.1, 0.15) is 65.7 Å². The van der Waals surface area contributed by atoms with Crippen molar-refractivity contribution in [1.82, 2.24) is 42.5 Å². The summed E-state index contributed by atoms with van der Waals surface area (Å²) in [7, 11) is 0. The largest absolute Gasteiger partial charge is 0.481 e. The lowest BCUT2D eigenvalue weighted by molar-refractivity contribution is -0.141. The summed E-state index contributed by atoms with van der Waals surface area (Å²) in [6.07, 6.45) is -0.592. The number of carbonyl (C=O) groups is 10. The minimum Gasteiger partial charge on any atom is -0.481 e. The van der Waals surface area contributed by atoms with Crippen LogP contribution in [0.5, 0.6) is 0 Å². The molecule has 0 unspecified atom stereocenters. The Morgan fingerprint density at radius 2 is 1.05 bits per heavy atom. The molecule has 0 fully saturated rings. The van der Waals surface area contributed by atoms with Gasteiger partial charge in [0.05, 0.1) is 25.7 Å². The van der Waals surface area contributed by atoms with E-state index in [4.69, 9.17) is 28.7 Å². The van der Waals surface area contributed by atoms with Crippen LogP contribution >= 0.6 is 12.6 Å². The number of hydrogen-bond donors (Lipinski definition) is 16. The number of nitrogens with one attached hydrogen (secondary N) is 8. The highest BCUT2D eigenvalue weighted by molar-refractivity contribution is 7.80. The van der Waals surface area contributed by atoms with Crippen molar-refractivity contribution in [3.63, 3.8) is 0 Å². The zero-order valence-corrected chi connectivity index (χ0v) is 36.3. The van der Waals surface area contributed by atoms with Gasteiger partial charge in [-0.2, -0.15) is 12.6 Å². The number of rotatable bonds is 31. The maximum absolute atomic E-state index is 13.6. The maximum atomic E-state index is 13.6. The van der Waals surface area contributed by atoms with Gasteiger partial charge in [0.1, 0.15) is 30.2 Å². The van der Waals surface area contributed by atoms with Gasteiger partial charge in [-0.25, -0.2) is 0 Å². The number of hydrogen-bond acceptors (Lipinski definition) is 14. The molecule has 7 atom stereocenters. The van der Waals surface area contributed by atoms with E-state index in [2.05, 4.69) is 65.1 Å². The molecule has 0 aliphatic carbocycles. The van der Waals surface area contributed by atoms with E-state index in [1.54, 1.807) is 13.8 Å². The second-order valence-corrected chi connectivity index (χ2v) is 14.4. The zero-order valence-electron chi connectivity index (χ0n) is 35.4. The summed E-state index contributed by atoms with van der Waals surface area (Å²) < 4.78 is 0. The Morgan fingerprint density at radius 3 is 1.56 bits per heavy atom. The van der Waals surface area contributed by atoms with Crippen molar-refractivity contribution < 1.29 is 58.2 Å². The first-order valence-corrected chi connectivity index (χ1v) is 20.4. The highest BCUT2D eigenvalue weighted by Crippen LogP contribution is 2.10. The molecular formula is C35H63N15O12S. The third kappa shape index (κ3) is 25.2. The molecule has 20 N–H and O–H groups in total. The molecule has 0 bridgehead atoms. The lowest BCUT2D eigenvalue weighted by Crippen LogP contribution is -2.58. The first kappa shape index (κ1) is 56.5. The lowest BCUT2D eigenvalue weighted by atomic mass is 9.97. The van der Waals surface area contributed by atoms with Crippen LogP contribution in [0.2, 0.25) is 0 Å². The summed E-state index contributed by atoms with van der Waals surface area (Å²) >= 11 is 3.90. The first-order valence-electron chi connectivity index (χ1n) is 19.8. The molecule has 0 saturated heterocycles. The highest BCUT2D eigenvalue weighted by atomic mass is 32.1. The summed E-state index contributed by atoms with van der Waals surface area (Å²) in [6.45, 7) is 2.80. The molecule has 0 aromatic carbocycles. The number of carboxylic acids is 2. The van der Waals surface area contributed by atoms with Gasteiger partial charge in [0.2, 0.25) is 47.3 Å². The molecular weight excluding hydrogens is 855 g/mol. The smallest absolute Gasteiger partial charge is 0.325 e. The Hall–Kier alpha value is -6.45. The van der Waals surface area contributed by atoms with Crippen molar-refractivity contribution in [2.24, 2.45) is 44.6 Å². The molecule has 0 spiro atoms. The van der Waals surface area contributed by atoms with Crippen molar-refractivity contribution in [3.8, 4) is 0 Å². The third-order valence-corrected chi connectivity index (χ3v) is 9.22. The van der Waals surface area contributed by atoms with E-state index in [-0.39, 0.29) is 56.4 Å². The van der Waals surface area contributed by atoms with Gasteiger partial charge in [0.25, 0.3) is 0 Å². The molecule has 0 aromatic heterocycles. The minimum atomic E-state index is -1.56. The van der Waals surface area contributed by atoms with Crippen molar-refractivity contribution in [1.29, 1.82) is 0 Å². The number of aliphatic carboxylic acids is 2. The standard InChI is InChI=1S/C35H63N15O12S/c1-4-17(2)27(50-25(53)14-43-23(51)13-44-28(56)19(36)16-63)32(60)49-20(7-5-11-41-34(37)38)29(57)45-15-24(52)47-22(9-10-26(54)55)31(59)48-21(8-6-12-42-35(39)40)30(58)46-18(3)33(61)62/h17-22,27,63H,4-16,36H2,1-3H3,(H,43,51)(H,44,56)(H,45,57)(H,46,58)(H,47,52)(H,48,59)(H,49,60)(H,50,53)(H,54,55)(H,61,62)(H4,37,38,41)(H4,39,40,42)/t17-,18-,19-,20-,21-,22-,27-/m0/s1. The maximum Gasteiger partial charge on any atom is 0.325 e. The van der Waals surface area contributed by atoms with Crippen molar-refractivity contribution in [2.45, 2.75) is 102 Å². The molecule has 0 radical (unpaired) electrons. The van der Waals surface area contributed by atoms with Gasteiger partial charge in [-0.15, -0.1) is 0 Å². The topological polar surface area (TPSA) is 462 Å². The number of aliphatic imine (C=N–C) groups is 2. The van der Waals surface area contributed by atoms with Crippen molar-refractivity contribution in [2.75, 3.05) is 38.5 Å². The molecule has 0 saturated carbocycles. The molecule has 356 valence electrons. The number of guanidine groups is 2. The second-order valence-electron chi connectivity index (χ2n) is 14.1. The fraction of sp³-hybridized carbons (Fsp3) is 0.657. The number of thiol groups is 1. The Bertz CT molecular complexity index is 1660. The van der Waals surface area contributed by atoms with E-state index < -0.39 is 134 Å². The van der Waals surface area contributed by atoms with Crippen LogP contribution in [0.15, 0.2) is 9.98 Å². The molecule has 63 heavy (non-hydrogen) atoms. The summed E-state index contributed by atoms with van der Waals surface area (Å²) in [6, 6.07) is -7.79. The number of nitrogens with two attached hydrogens (primary N) is 5. The minimum absolute atomic E-state index is 0.0364. The van der Waals surface area contributed by atoms with Crippen LogP contribution in [0.25, 0.3) is 0 Å². The molecule has 8 amide bonds. The van der Waals surface area contributed by atoms with Crippen LogP contribution in [0, 0.1) is 5.92 Å². The number of nitrogens with zero attached hydrogens (tertiary/aromatic N) is 2. The number of carbonyl (C=O) groups excluding carboxylic acids is 8. The van der Waals surface area contributed by atoms with E-state index in [1.165, 1.54) is 6.92 Å². The molecule has 27 nitrogen and oxygen atoms in total. The predicted molar refractivity (Wildman–Crippen MR) is 230 cm³/mol. The van der Waals surface area contributed by atoms with Gasteiger partial charge in [0.15, 0.2) is 11.9 Å². The monoisotopic (exact) mass is 917 g/mol. The molecule has 0 aliphatic rings. The van der Waals surface area contributed by atoms with Crippen LogP contribution in [-0.4, -0.2) is 156 Å². The quantitative estimate of drug-likeness (QED) is 0.0133. The Kier molecular flexibility index (Phi) is 27.4. The molecule has 28 heteroatoms. The second kappa shape index (κ2) is 30.6. The first-order chi connectivity index (χ1) is 29.5. The van der Waals surface area contributed by atoms with Crippen molar-refractivity contribution in [3.05, 3.63) is 0 Å². The molecule has 0 heterocycles. The Labute approximate surface area is 368 Å². The van der Waals surface area contributed by atoms with Crippen LogP contribution in [0.4, 0.5) is 0 Å². The Balaban J connectivity index is 6.01. The van der Waals surface area contributed by atoms with Gasteiger partial charge in [-0.05, 0) is 44.9 Å². The number of amides is 8. The number of carboxylic acid groups (broad SMARTS) is 2. The van der Waals surface area contributed by atoms with Crippen molar-refractivity contribution >= 4 is 83.7 Å². The van der Waals surface area contributed by atoms with Gasteiger partial charge >= 0.3 is 11.9 Å². The summed E-state index contributed by atoms with van der Waals surface area (Å²) in [5, 5.41) is 37.4. The highest BCUT2D eigenvalue weighted by Gasteiger charge is 2.32. The third-order valence-electron chi connectivity index (χ3n) is 8.82. The van der Waals surface area contributed by atoms with E-state index in [0.29, 0.717) is 6.42 Å². The van der Waals surface area contributed by atoms with E-state index >= 15 is 0 Å². The Morgan fingerprint density at radius 1 is 0.587 bits per heavy atom. The van der Waals surface area contributed by atoms with Gasteiger partial charge in [-0.3, -0.25) is 57.9 Å². The molecule has 0 aromatic rings. The molecule has 0 rings (SSSR count). The van der Waals surface area contributed by atoms with E-state index in [9.17, 15) is 58.2 Å². The predicted octanol–water partition coefficient (Wildman–Crippen LogP) is -6.86. The van der Waals surface area contributed by atoms with E-state index in [0.717, 1.165) is 0 Å². The fourth-order valence-electron chi connectivity index (χ4n) is 5.08.